The SMILES string of the molecule is O=NC1CCCC(CO)C1. The Morgan fingerprint density at radius 2 is 2.30 bits per heavy atom. The van der Waals surface area contributed by atoms with Crippen LogP contribution in [0.25, 0.3) is 0 Å². The van der Waals surface area contributed by atoms with E-state index in [-0.39, 0.29) is 12.6 Å². The van der Waals surface area contributed by atoms with Crippen molar-refractivity contribution in [2.45, 2.75) is 31.7 Å². The molecule has 1 fully saturated rings. The van der Waals surface area contributed by atoms with Gasteiger partial charge in [0, 0.05) is 6.61 Å². The third kappa shape index (κ3) is 1.77. The summed E-state index contributed by atoms with van der Waals surface area (Å²) in [6.45, 7) is 0.214. The summed E-state index contributed by atoms with van der Waals surface area (Å²) in [5.41, 5.74) is 0. The monoisotopic (exact) mass is 143 g/mol. The number of aliphatic hydroxyl groups excluding tert-OH is 1. The molecule has 0 aliphatic heterocycles. The molecule has 1 aliphatic rings. The maximum atomic E-state index is 10.1. The normalized spacial score (nSPS) is 33.7. The van der Waals surface area contributed by atoms with Gasteiger partial charge in [-0.05, 0) is 25.2 Å². The Hall–Kier alpha value is -0.440. The minimum absolute atomic E-state index is 0.0223. The first-order valence-corrected chi connectivity index (χ1v) is 3.80. The molecule has 0 amide bonds. The van der Waals surface area contributed by atoms with Crippen LogP contribution in [0.2, 0.25) is 0 Å². The molecular formula is C7H13NO2. The Bertz CT molecular complexity index is 116. The van der Waals surface area contributed by atoms with Gasteiger partial charge in [0.05, 0.1) is 6.04 Å². The van der Waals surface area contributed by atoms with E-state index < -0.39 is 0 Å². The molecule has 10 heavy (non-hydrogen) atoms. The number of rotatable bonds is 2. The Morgan fingerprint density at radius 3 is 2.90 bits per heavy atom. The summed E-state index contributed by atoms with van der Waals surface area (Å²) in [4.78, 5) is 10.1. The van der Waals surface area contributed by atoms with Gasteiger partial charge in [-0.2, -0.15) is 4.91 Å². The average molecular weight is 143 g/mol. The second-order valence-corrected chi connectivity index (χ2v) is 2.97. The van der Waals surface area contributed by atoms with Crippen molar-refractivity contribution in [1.82, 2.24) is 0 Å². The molecule has 58 valence electrons. The Kier molecular flexibility index (Phi) is 2.81. The molecular weight excluding hydrogens is 130 g/mol. The molecule has 1 N–H and O–H groups in total. The summed E-state index contributed by atoms with van der Waals surface area (Å²) >= 11 is 0. The van der Waals surface area contributed by atoms with Gasteiger partial charge in [-0.1, -0.05) is 11.6 Å². The van der Waals surface area contributed by atoms with Gasteiger partial charge in [0.1, 0.15) is 0 Å². The van der Waals surface area contributed by atoms with Crippen molar-refractivity contribution in [1.29, 1.82) is 0 Å². The lowest BCUT2D eigenvalue weighted by atomic mass is 9.87. The minimum Gasteiger partial charge on any atom is -0.396 e. The van der Waals surface area contributed by atoms with Gasteiger partial charge in [-0.25, -0.2) is 0 Å². The maximum absolute atomic E-state index is 10.1. The Labute approximate surface area is 60.4 Å². The highest BCUT2D eigenvalue weighted by atomic mass is 16.3. The highest BCUT2D eigenvalue weighted by Gasteiger charge is 2.21. The van der Waals surface area contributed by atoms with Gasteiger partial charge in [0.2, 0.25) is 0 Å². The molecule has 1 rings (SSSR count). The summed E-state index contributed by atoms with van der Waals surface area (Å²) < 4.78 is 0. The molecule has 0 spiro atoms. The van der Waals surface area contributed by atoms with Crippen LogP contribution in [-0.4, -0.2) is 17.8 Å². The average Bonchev–Trinajstić information content (AvgIpc) is 2.05. The molecule has 0 bridgehead atoms. The largest absolute Gasteiger partial charge is 0.396 e. The van der Waals surface area contributed by atoms with Gasteiger partial charge < -0.3 is 5.11 Å². The van der Waals surface area contributed by atoms with E-state index >= 15 is 0 Å². The zero-order valence-electron chi connectivity index (χ0n) is 5.99. The predicted octanol–water partition coefficient (Wildman–Crippen LogP) is 1.30. The van der Waals surface area contributed by atoms with E-state index in [9.17, 15) is 4.91 Å². The summed E-state index contributed by atoms with van der Waals surface area (Å²) in [6.07, 6.45) is 3.81. The minimum atomic E-state index is -0.0223. The van der Waals surface area contributed by atoms with E-state index in [2.05, 4.69) is 5.18 Å². The fourth-order valence-electron chi connectivity index (χ4n) is 1.52. The summed E-state index contributed by atoms with van der Waals surface area (Å²) in [6, 6.07) is -0.0223. The van der Waals surface area contributed by atoms with Crippen LogP contribution >= 0.6 is 0 Å². The van der Waals surface area contributed by atoms with Crippen molar-refractivity contribution in [3.63, 3.8) is 0 Å². The van der Waals surface area contributed by atoms with E-state index in [0.29, 0.717) is 5.92 Å². The fourth-order valence-corrected chi connectivity index (χ4v) is 1.52. The second kappa shape index (κ2) is 3.66. The van der Waals surface area contributed by atoms with E-state index in [1.807, 2.05) is 0 Å². The lowest BCUT2D eigenvalue weighted by Gasteiger charge is -2.22. The number of nitrogens with zero attached hydrogens (tertiary/aromatic N) is 1. The van der Waals surface area contributed by atoms with Gasteiger partial charge in [0.25, 0.3) is 0 Å². The molecule has 0 saturated heterocycles. The standard InChI is InChI=1S/C7H13NO2/c9-5-6-2-1-3-7(4-6)8-10/h6-7,9H,1-5H2. The second-order valence-electron chi connectivity index (χ2n) is 2.97. The van der Waals surface area contributed by atoms with Crippen molar-refractivity contribution in [3.8, 4) is 0 Å². The van der Waals surface area contributed by atoms with E-state index in [1.165, 1.54) is 0 Å². The number of nitroso groups, excluding NO2 is 1. The van der Waals surface area contributed by atoms with Crippen LogP contribution < -0.4 is 0 Å². The Morgan fingerprint density at radius 1 is 1.50 bits per heavy atom. The van der Waals surface area contributed by atoms with Crippen LogP contribution in [-0.2, 0) is 0 Å². The van der Waals surface area contributed by atoms with E-state index in [1.54, 1.807) is 0 Å². The van der Waals surface area contributed by atoms with Crippen LogP contribution in [0.3, 0.4) is 0 Å². The van der Waals surface area contributed by atoms with E-state index in [0.717, 1.165) is 25.7 Å². The molecule has 3 nitrogen and oxygen atoms in total. The zero-order valence-corrected chi connectivity index (χ0v) is 5.99. The number of hydrogen-bond acceptors (Lipinski definition) is 3. The molecule has 0 radical (unpaired) electrons. The maximum Gasteiger partial charge on any atom is 0.0923 e. The van der Waals surface area contributed by atoms with E-state index in [4.69, 9.17) is 5.11 Å². The van der Waals surface area contributed by atoms with Crippen LogP contribution in [0.1, 0.15) is 25.7 Å². The van der Waals surface area contributed by atoms with Gasteiger partial charge in [-0.3, -0.25) is 0 Å². The summed E-state index contributed by atoms with van der Waals surface area (Å²) in [5.74, 6) is 0.330. The molecule has 0 aromatic carbocycles. The summed E-state index contributed by atoms with van der Waals surface area (Å²) in [7, 11) is 0. The van der Waals surface area contributed by atoms with Crippen LogP contribution in [0.4, 0.5) is 0 Å². The topological polar surface area (TPSA) is 49.7 Å². The van der Waals surface area contributed by atoms with Crippen molar-refractivity contribution in [2.75, 3.05) is 6.61 Å². The van der Waals surface area contributed by atoms with Crippen molar-refractivity contribution in [2.24, 2.45) is 11.1 Å². The first-order valence-electron chi connectivity index (χ1n) is 3.80. The number of hydrogen-bond donors (Lipinski definition) is 1. The molecule has 0 heterocycles. The van der Waals surface area contributed by atoms with Crippen molar-refractivity contribution >= 4 is 0 Å². The van der Waals surface area contributed by atoms with Crippen molar-refractivity contribution in [3.05, 3.63) is 4.91 Å². The molecule has 2 atom stereocenters. The highest BCUT2D eigenvalue weighted by Crippen LogP contribution is 2.25. The first kappa shape index (κ1) is 7.66. The molecule has 1 saturated carbocycles. The first-order chi connectivity index (χ1) is 4.86. The third-order valence-electron chi connectivity index (χ3n) is 2.16. The zero-order chi connectivity index (χ0) is 7.40. The lowest BCUT2D eigenvalue weighted by molar-refractivity contribution is 0.180. The quantitative estimate of drug-likeness (QED) is 0.592. The van der Waals surface area contributed by atoms with Gasteiger partial charge in [0.15, 0.2) is 0 Å². The van der Waals surface area contributed by atoms with Crippen molar-refractivity contribution < 1.29 is 5.11 Å². The molecule has 2 unspecified atom stereocenters. The van der Waals surface area contributed by atoms with Crippen LogP contribution in [0.15, 0.2) is 5.18 Å². The van der Waals surface area contributed by atoms with Crippen LogP contribution in [0, 0.1) is 10.8 Å². The van der Waals surface area contributed by atoms with Crippen LogP contribution in [0.5, 0.6) is 0 Å². The molecule has 0 aromatic rings. The third-order valence-corrected chi connectivity index (χ3v) is 2.16. The Balaban J connectivity index is 2.31. The number of aliphatic hydroxyl groups is 1. The lowest BCUT2D eigenvalue weighted by Crippen LogP contribution is -2.20. The van der Waals surface area contributed by atoms with Gasteiger partial charge >= 0.3 is 0 Å². The fraction of sp³-hybridized carbons (Fsp3) is 1.00. The highest BCUT2D eigenvalue weighted by molar-refractivity contribution is 4.76. The smallest absolute Gasteiger partial charge is 0.0923 e. The molecule has 3 heteroatoms. The summed E-state index contributed by atoms with van der Waals surface area (Å²) in [5, 5.41) is 11.7. The van der Waals surface area contributed by atoms with Gasteiger partial charge in [-0.15, -0.1) is 0 Å². The predicted molar refractivity (Wildman–Crippen MR) is 38.6 cm³/mol. The molecule has 0 aromatic heterocycles. The molecule has 1 aliphatic carbocycles.